The van der Waals surface area contributed by atoms with Crippen LogP contribution >= 0.6 is 0 Å². The molecule has 8 bridgehead atoms. The molecule has 2 saturated carbocycles. The fraction of sp³-hybridized carbons (Fsp3) is 0.944. The van der Waals surface area contributed by atoms with Crippen LogP contribution in [0.25, 0.3) is 0 Å². The Balaban J connectivity index is 0. The van der Waals surface area contributed by atoms with Crippen LogP contribution in [0.3, 0.4) is 0 Å². The standard InChI is InChI=1S/C17H28O3.C16H26O3.C16H28O3.C14H24O3.8CH4/c1-3-12(2)16(18)20-17(9-5-4-6-10-17)14-11-13-7-8-15(14)19-13;1-3-11(2)15(17)19-16(8-4-5-9-16)13-10-12-6-7-14(13)18-12;1-5-11(4)15(17)19-16(6-2,7-3)13-10-12-8-9-14(13)18-12;1-5-9(2)13(15)17-14(3,4)11-8-10-6-7-12(11)16-10;;;;;;;;/h12-15H,3-11H2,1-2H3;11-14H,3-10H2,1-2H3;11-14H,5-10H2,1-4H3;9-12H,5-8H2,1-4H3;8*1H4. The molecule has 0 aromatic heterocycles. The number of hydrogen-bond donors (Lipinski definition) is 0. The molecule has 10 rings (SSSR count). The van der Waals surface area contributed by atoms with Crippen LogP contribution in [-0.4, -0.2) is 95.1 Å². The van der Waals surface area contributed by atoms with Gasteiger partial charge in [-0.25, -0.2) is 0 Å². The molecule has 10 aliphatic rings. The number of esters is 4. The molecule has 16 atom stereocenters. The first kappa shape index (κ1) is 82.8. The number of hydrogen-bond acceptors (Lipinski definition) is 12. The lowest BCUT2D eigenvalue weighted by molar-refractivity contribution is -0.179. The molecule has 0 spiro atoms. The van der Waals surface area contributed by atoms with E-state index in [1.54, 1.807) is 0 Å². The molecule has 83 heavy (non-hydrogen) atoms. The van der Waals surface area contributed by atoms with E-state index in [2.05, 4.69) is 20.8 Å². The van der Waals surface area contributed by atoms with E-state index in [0.717, 1.165) is 116 Å². The lowest BCUT2D eigenvalue weighted by Gasteiger charge is -2.44. The second-order valence-electron chi connectivity index (χ2n) is 26.1. The third kappa shape index (κ3) is 19.1. The van der Waals surface area contributed by atoms with Crippen molar-refractivity contribution in [2.24, 2.45) is 47.3 Å². The maximum absolute atomic E-state index is 12.3. The molecule has 0 aromatic rings. The van der Waals surface area contributed by atoms with Crippen molar-refractivity contribution >= 4 is 23.9 Å². The van der Waals surface area contributed by atoms with Gasteiger partial charge in [-0.1, -0.05) is 135 Å². The van der Waals surface area contributed by atoms with Crippen molar-refractivity contribution in [2.45, 2.75) is 387 Å². The minimum Gasteiger partial charge on any atom is -0.459 e. The van der Waals surface area contributed by atoms with Crippen LogP contribution in [0.4, 0.5) is 0 Å². The van der Waals surface area contributed by atoms with Gasteiger partial charge in [-0.3, -0.25) is 19.2 Å². The largest absolute Gasteiger partial charge is 0.459 e. The second-order valence-corrected chi connectivity index (χ2v) is 26.1. The molecule has 12 nitrogen and oxygen atoms in total. The van der Waals surface area contributed by atoms with Gasteiger partial charge in [-0.15, -0.1) is 0 Å². The zero-order valence-corrected chi connectivity index (χ0v) is 49.2. The molecule has 0 amide bonds. The Bertz CT molecular complexity index is 1800. The Kier molecular flexibility index (Phi) is 36.2. The van der Waals surface area contributed by atoms with Crippen LogP contribution in [0.5, 0.6) is 0 Å². The summed E-state index contributed by atoms with van der Waals surface area (Å²) in [6, 6.07) is 0. The molecule has 8 heterocycles. The highest BCUT2D eigenvalue weighted by atomic mass is 16.6. The third-order valence-electron chi connectivity index (χ3n) is 21.0. The molecule has 8 aliphatic heterocycles. The van der Waals surface area contributed by atoms with Crippen molar-refractivity contribution in [3.05, 3.63) is 0 Å². The van der Waals surface area contributed by atoms with Crippen LogP contribution in [0.2, 0.25) is 0 Å². The molecule has 16 unspecified atom stereocenters. The van der Waals surface area contributed by atoms with Crippen molar-refractivity contribution < 1.29 is 57.1 Å². The van der Waals surface area contributed by atoms with Crippen molar-refractivity contribution in [1.29, 1.82) is 0 Å². The molecule has 0 radical (unpaired) electrons. The number of rotatable bonds is 18. The lowest BCUT2D eigenvalue weighted by atomic mass is 9.69. The first-order valence-electron chi connectivity index (χ1n) is 31.3. The number of fused-ring (bicyclic) bond motifs is 8. The van der Waals surface area contributed by atoms with E-state index in [1.807, 2.05) is 62.3 Å². The highest BCUT2D eigenvalue weighted by Crippen LogP contribution is 2.53. The van der Waals surface area contributed by atoms with Gasteiger partial charge in [0.2, 0.25) is 0 Å². The van der Waals surface area contributed by atoms with Gasteiger partial charge in [-0.2, -0.15) is 0 Å². The van der Waals surface area contributed by atoms with Gasteiger partial charge >= 0.3 is 23.9 Å². The zero-order valence-electron chi connectivity index (χ0n) is 49.2. The SMILES string of the molecule is C.C.C.C.C.C.C.C.CCC(C)C(=O)OC(C)(C)C1CC2CCC1O2.CCC(C)C(=O)OC(CC)(CC)C1CC2CCC1O2.CCC(C)C(=O)OC1(C2CC3CCC2O3)CCCC1.CCC(C)C(=O)OC1(C2CC3CCC2O3)CCCCC1. The van der Waals surface area contributed by atoms with Crippen molar-refractivity contribution in [1.82, 2.24) is 0 Å². The molecular weight excluding hydrogens is 1040 g/mol. The topological polar surface area (TPSA) is 142 Å². The van der Waals surface area contributed by atoms with E-state index < -0.39 is 0 Å². The summed E-state index contributed by atoms with van der Waals surface area (Å²) >= 11 is 0. The molecule has 494 valence electrons. The van der Waals surface area contributed by atoms with Crippen LogP contribution < -0.4 is 0 Å². The summed E-state index contributed by atoms with van der Waals surface area (Å²) in [5, 5.41) is 0. The third-order valence-corrected chi connectivity index (χ3v) is 21.0. The Hall–Kier alpha value is -2.28. The molecular formula is C71H138O12. The maximum atomic E-state index is 12.3. The minimum atomic E-state index is -0.389. The predicted octanol–water partition coefficient (Wildman–Crippen LogP) is 19.0. The summed E-state index contributed by atoms with van der Waals surface area (Å²) in [6.07, 6.45) is 32.2. The van der Waals surface area contributed by atoms with Crippen molar-refractivity contribution in [2.75, 3.05) is 0 Å². The van der Waals surface area contributed by atoms with Crippen LogP contribution in [0.15, 0.2) is 0 Å². The normalized spacial score (nSPS) is 31.6. The highest BCUT2D eigenvalue weighted by Gasteiger charge is 2.57. The van der Waals surface area contributed by atoms with Gasteiger partial charge < -0.3 is 37.9 Å². The van der Waals surface area contributed by atoms with Gasteiger partial charge in [-0.05, 0) is 181 Å². The van der Waals surface area contributed by atoms with E-state index >= 15 is 0 Å². The van der Waals surface area contributed by atoms with Gasteiger partial charge in [0.1, 0.15) is 22.4 Å². The maximum Gasteiger partial charge on any atom is 0.309 e. The molecule has 0 N–H and O–H groups in total. The van der Waals surface area contributed by atoms with E-state index in [4.69, 9.17) is 37.9 Å². The predicted molar refractivity (Wildman–Crippen MR) is 344 cm³/mol. The summed E-state index contributed by atoms with van der Waals surface area (Å²) in [7, 11) is 0. The monoisotopic (exact) mass is 1180 g/mol. The van der Waals surface area contributed by atoms with E-state index in [1.165, 1.54) is 57.8 Å². The van der Waals surface area contributed by atoms with Gasteiger partial charge in [0, 0.05) is 23.7 Å². The van der Waals surface area contributed by atoms with Crippen LogP contribution in [-0.2, 0) is 57.1 Å². The number of ether oxygens (including phenoxy) is 8. The fourth-order valence-corrected chi connectivity index (χ4v) is 15.2. The first-order valence-corrected chi connectivity index (χ1v) is 31.3. The molecule has 2 aliphatic carbocycles. The van der Waals surface area contributed by atoms with Crippen LogP contribution in [0, 0.1) is 47.3 Å². The zero-order chi connectivity index (χ0) is 54.3. The van der Waals surface area contributed by atoms with E-state index in [0.29, 0.717) is 72.5 Å². The Labute approximate surface area is 513 Å². The van der Waals surface area contributed by atoms with Crippen molar-refractivity contribution in [3.63, 3.8) is 0 Å². The fourth-order valence-electron chi connectivity index (χ4n) is 15.2. The summed E-state index contributed by atoms with van der Waals surface area (Å²) in [5.74, 6) is 1.63. The van der Waals surface area contributed by atoms with Gasteiger partial charge in [0.05, 0.1) is 72.5 Å². The smallest absolute Gasteiger partial charge is 0.309 e. The summed E-state index contributed by atoms with van der Waals surface area (Å²) in [6.45, 7) is 24.3. The minimum absolute atomic E-state index is 0. The summed E-state index contributed by atoms with van der Waals surface area (Å²) < 4.78 is 47.8. The molecule has 10 fully saturated rings. The average Bonchev–Trinajstić information content (AvgIpc) is 4.47. The highest BCUT2D eigenvalue weighted by molar-refractivity contribution is 5.74. The van der Waals surface area contributed by atoms with Crippen LogP contribution in [0.1, 0.15) is 316 Å². The molecule has 0 aromatic carbocycles. The summed E-state index contributed by atoms with van der Waals surface area (Å²) in [4.78, 5) is 48.7. The average molecular weight is 1180 g/mol. The van der Waals surface area contributed by atoms with Crippen molar-refractivity contribution in [3.8, 4) is 0 Å². The van der Waals surface area contributed by atoms with E-state index in [-0.39, 0.29) is 129 Å². The number of carbonyl (C=O) groups is 4. The Morgan fingerprint density at radius 1 is 0.410 bits per heavy atom. The quantitative estimate of drug-likeness (QED) is 0.0952. The van der Waals surface area contributed by atoms with E-state index in [9.17, 15) is 19.2 Å². The van der Waals surface area contributed by atoms with Gasteiger partial charge in [0.15, 0.2) is 0 Å². The second kappa shape index (κ2) is 36.3. The first-order chi connectivity index (χ1) is 35.8. The van der Waals surface area contributed by atoms with Gasteiger partial charge in [0.25, 0.3) is 0 Å². The summed E-state index contributed by atoms with van der Waals surface area (Å²) in [5.41, 5.74) is -1.10. The Morgan fingerprint density at radius 2 is 0.711 bits per heavy atom. The molecule has 12 heteroatoms. The molecule has 8 saturated heterocycles. The Morgan fingerprint density at radius 3 is 1.00 bits per heavy atom. The lowest BCUT2D eigenvalue weighted by Crippen LogP contribution is -2.48. The number of carbonyl (C=O) groups excluding carboxylic acids is 4.